The van der Waals surface area contributed by atoms with Crippen LogP contribution in [0.3, 0.4) is 0 Å². The van der Waals surface area contributed by atoms with Gasteiger partial charge in [0.1, 0.15) is 6.10 Å². The lowest BCUT2D eigenvalue weighted by molar-refractivity contribution is 0.138. The normalized spacial score (nSPS) is 25.5. The summed E-state index contributed by atoms with van der Waals surface area (Å²) in [6.45, 7) is 1.94. The van der Waals surface area contributed by atoms with Gasteiger partial charge in [-0.15, -0.1) is 0 Å². The Bertz CT molecular complexity index is 350. The summed E-state index contributed by atoms with van der Waals surface area (Å²) in [5, 5.41) is 0. The highest BCUT2D eigenvalue weighted by atomic mass is 16.6. The van der Waals surface area contributed by atoms with Gasteiger partial charge >= 0.3 is 6.09 Å². The van der Waals surface area contributed by atoms with Gasteiger partial charge in [0.15, 0.2) is 0 Å². The minimum absolute atomic E-state index is 0.0253. The maximum atomic E-state index is 11.3. The van der Waals surface area contributed by atoms with E-state index in [4.69, 9.17) is 4.74 Å². The number of amides is 1. The number of ether oxygens (including phenoxy) is 1. The number of hydrogen-bond acceptors (Lipinski definition) is 2. The number of hydrogen-bond donors (Lipinski definition) is 0. The summed E-state index contributed by atoms with van der Waals surface area (Å²) in [7, 11) is 1.79. The van der Waals surface area contributed by atoms with Crippen molar-refractivity contribution < 1.29 is 9.53 Å². The highest BCUT2D eigenvalue weighted by Gasteiger charge is 2.36. The van der Waals surface area contributed by atoms with Crippen LogP contribution < -0.4 is 0 Å². The zero-order valence-electron chi connectivity index (χ0n) is 9.01. The summed E-state index contributed by atoms with van der Waals surface area (Å²) in [6, 6.07) is 10.3. The molecule has 0 N–H and O–H groups in total. The molecule has 3 nitrogen and oxygen atoms in total. The van der Waals surface area contributed by atoms with Crippen LogP contribution in [-0.4, -0.2) is 30.2 Å². The average Bonchev–Trinajstić information content (AvgIpc) is 2.47. The van der Waals surface area contributed by atoms with E-state index in [-0.39, 0.29) is 18.2 Å². The third-order valence-electron chi connectivity index (χ3n) is 2.90. The first-order chi connectivity index (χ1) is 7.18. The largest absolute Gasteiger partial charge is 0.444 e. The van der Waals surface area contributed by atoms with Gasteiger partial charge in [-0.1, -0.05) is 30.3 Å². The van der Waals surface area contributed by atoms with Crippen molar-refractivity contribution >= 4 is 6.09 Å². The smallest absolute Gasteiger partial charge is 0.410 e. The van der Waals surface area contributed by atoms with Crippen molar-refractivity contribution in [3.05, 3.63) is 35.9 Å². The van der Waals surface area contributed by atoms with Crippen LogP contribution in [0.5, 0.6) is 0 Å². The molecule has 2 rings (SSSR count). The predicted molar refractivity (Wildman–Crippen MR) is 57.6 cm³/mol. The average molecular weight is 205 g/mol. The van der Waals surface area contributed by atoms with Crippen molar-refractivity contribution in [1.29, 1.82) is 0 Å². The molecule has 0 aliphatic carbocycles. The molecule has 2 unspecified atom stereocenters. The fourth-order valence-corrected chi connectivity index (χ4v) is 1.93. The molecule has 2 atom stereocenters. The van der Waals surface area contributed by atoms with Crippen molar-refractivity contribution in [1.82, 2.24) is 4.90 Å². The first kappa shape index (κ1) is 10.0. The van der Waals surface area contributed by atoms with E-state index in [0.29, 0.717) is 0 Å². The third-order valence-corrected chi connectivity index (χ3v) is 2.90. The molecule has 80 valence electrons. The van der Waals surface area contributed by atoms with E-state index in [1.165, 1.54) is 5.56 Å². The molecule has 0 spiro atoms. The predicted octanol–water partition coefficient (Wildman–Crippen LogP) is 2.07. The lowest BCUT2D eigenvalue weighted by atomic mass is 10.0. The van der Waals surface area contributed by atoms with Crippen molar-refractivity contribution in [2.45, 2.75) is 25.5 Å². The molecule has 1 aliphatic rings. The van der Waals surface area contributed by atoms with Gasteiger partial charge in [0.05, 0.1) is 6.04 Å². The molecular weight excluding hydrogens is 190 g/mol. The number of carbonyl (C=O) groups excluding carboxylic acids is 1. The minimum Gasteiger partial charge on any atom is -0.444 e. The van der Waals surface area contributed by atoms with Crippen LogP contribution in [0, 0.1) is 0 Å². The number of nitrogens with zero attached hydrogens (tertiary/aromatic N) is 1. The van der Waals surface area contributed by atoms with Gasteiger partial charge in [-0.25, -0.2) is 4.79 Å². The second kappa shape index (κ2) is 3.93. The van der Waals surface area contributed by atoms with E-state index in [1.54, 1.807) is 11.9 Å². The molecule has 15 heavy (non-hydrogen) atoms. The first-order valence-corrected chi connectivity index (χ1v) is 5.16. The van der Waals surface area contributed by atoms with Crippen LogP contribution in [0.1, 0.15) is 12.5 Å². The summed E-state index contributed by atoms with van der Waals surface area (Å²) >= 11 is 0. The molecule has 0 radical (unpaired) electrons. The lowest BCUT2D eigenvalue weighted by Crippen LogP contribution is -2.34. The van der Waals surface area contributed by atoms with E-state index in [0.717, 1.165) is 6.42 Å². The second-order valence-corrected chi connectivity index (χ2v) is 3.96. The van der Waals surface area contributed by atoms with Crippen LogP contribution in [-0.2, 0) is 11.2 Å². The highest BCUT2D eigenvalue weighted by molar-refractivity contribution is 5.70. The Kier molecular flexibility index (Phi) is 2.62. The van der Waals surface area contributed by atoms with Crippen LogP contribution in [0.2, 0.25) is 0 Å². The Morgan fingerprint density at radius 3 is 2.53 bits per heavy atom. The number of carbonyl (C=O) groups is 1. The fraction of sp³-hybridized carbons (Fsp3) is 0.417. The third kappa shape index (κ3) is 1.96. The zero-order valence-corrected chi connectivity index (χ0v) is 9.01. The number of likely N-dealkylation sites (N-methyl/N-ethyl adjacent to an activating group) is 1. The first-order valence-electron chi connectivity index (χ1n) is 5.16. The Hall–Kier alpha value is -1.51. The van der Waals surface area contributed by atoms with Gasteiger partial charge in [-0.3, -0.25) is 0 Å². The molecule has 1 heterocycles. The molecular formula is C12H15NO2. The lowest BCUT2D eigenvalue weighted by Gasteiger charge is -2.18. The van der Waals surface area contributed by atoms with Crippen LogP contribution in [0.25, 0.3) is 0 Å². The van der Waals surface area contributed by atoms with Crippen molar-refractivity contribution in [2.24, 2.45) is 0 Å². The van der Waals surface area contributed by atoms with Gasteiger partial charge in [-0.2, -0.15) is 0 Å². The topological polar surface area (TPSA) is 29.5 Å². The molecule has 1 fully saturated rings. The Labute approximate surface area is 89.7 Å². The molecule has 1 aromatic rings. The molecule has 1 saturated heterocycles. The van der Waals surface area contributed by atoms with Crippen molar-refractivity contribution in [3.8, 4) is 0 Å². The molecule has 1 aromatic carbocycles. The van der Waals surface area contributed by atoms with Gasteiger partial charge in [-0.05, 0) is 18.9 Å². The van der Waals surface area contributed by atoms with Gasteiger partial charge in [0.2, 0.25) is 0 Å². The molecule has 0 bridgehead atoms. The maximum absolute atomic E-state index is 11.3. The Morgan fingerprint density at radius 1 is 1.33 bits per heavy atom. The molecule has 0 saturated carbocycles. The van der Waals surface area contributed by atoms with Crippen LogP contribution >= 0.6 is 0 Å². The molecule has 3 heteroatoms. The Morgan fingerprint density at radius 2 is 2.00 bits per heavy atom. The summed E-state index contributed by atoms with van der Waals surface area (Å²) in [5.74, 6) is 0. The van der Waals surface area contributed by atoms with E-state index in [1.807, 2.05) is 25.1 Å². The minimum atomic E-state index is -0.219. The zero-order chi connectivity index (χ0) is 10.8. The standard InChI is InChI=1S/C12H15NO2/c1-9-11(13(2)12(14)15-9)8-10-6-4-3-5-7-10/h3-7,9,11H,8H2,1-2H3. The molecule has 0 aromatic heterocycles. The summed E-state index contributed by atoms with van der Waals surface area (Å²) in [4.78, 5) is 13.0. The van der Waals surface area contributed by atoms with Gasteiger partial charge in [0.25, 0.3) is 0 Å². The molecule has 1 amide bonds. The quantitative estimate of drug-likeness (QED) is 0.739. The molecule has 1 aliphatic heterocycles. The van der Waals surface area contributed by atoms with Crippen LogP contribution in [0.15, 0.2) is 30.3 Å². The maximum Gasteiger partial charge on any atom is 0.410 e. The van der Waals surface area contributed by atoms with E-state index in [2.05, 4.69) is 12.1 Å². The van der Waals surface area contributed by atoms with Gasteiger partial charge in [0, 0.05) is 7.05 Å². The monoisotopic (exact) mass is 205 g/mol. The second-order valence-electron chi connectivity index (χ2n) is 3.96. The van der Waals surface area contributed by atoms with Gasteiger partial charge < -0.3 is 9.64 Å². The van der Waals surface area contributed by atoms with E-state index >= 15 is 0 Å². The van der Waals surface area contributed by atoms with E-state index < -0.39 is 0 Å². The Balaban J connectivity index is 2.09. The summed E-state index contributed by atoms with van der Waals surface area (Å²) in [5.41, 5.74) is 1.24. The summed E-state index contributed by atoms with van der Waals surface area (Å²) in [6.07, 6.45) is 0.607. The number of rotatable bonds is 2. The van der Waals surface area contributed by atoms with Crippen molar-refractivity contribution in [2.75, 3.05) is 7.05 Å². The SMILES string of the molecule is CC1OC(=O)N(C)C1Cc1ccccc1. The number of cyclic esters (lactones) is 1. The van der Waals surface area contributed by atoms with Crippen LogP contribution in [0.4, 0.5) is 4.79 Å². The number of benzene rings is 1. The van der Waals surface area contributed by atoms with Crippen molar-refractivity contribution in [3.63, 3.8) is 0 Å². The highest BCUT2D eigenvalue weighted by Crippen LogP contribution is 2.20. The summed E-state index contributed by atoms with van der Waals surface area (Å²) < 4.78 is 5.15. The van der Waals surface area contributed by atoms with E-state index in [9.17, 15) is 4.79 Å². The fourth-order valence-electron chi connectivity index (χ4n) is 1.93.